The number of aliphatic hydroxyl groups is 1. The van der Waals surface area contributed by atoms with E-state index in [4.69, 9.17) is 9.47 Å². The second-order valence-electron chi connectivity index (χ2n) is 9.84. The summed E-state index contributed by atoms with van der Waals surface area (Å²) in [6, 6.07) is 32.6. The van der Waals surface area contributed by atoms with E-state index in [2.05, 4.69) is 10.2 Å². The summed E-state index contributed by atoms with van der Waals surface area (Å²) in [6.45, 7) is 0.331. The molecule has 1 aliphatic rings. The van der Waals surface area contributed by atoms with Gasteiger partial charge in [-0.05, 0) is 28.8 Å². The predicted octanol–water partition coefficient (Wildman–Crippen LogP) is 7.04. The second kappa shape index (κ2) is 13.2. The van der Waals surface area contributed by atoms with Crippen molar-refractivity contribution >= 4 is 45.7 Å². The van der Waals surface area contributed by atoms with Crippen LogP contribution < -0.4 is 14.4 Å². The maximum Gasteiger partial charge on any atom is 0.301 e. The number of nitrogens with zero attached hydrogens (tertiary/aromatic N) is 3. The van der Waals surface area contributed by atoms with Crippen LogP contribution in [0.4, 0.5) is 5.13 Å². The number of anilines is 1. The molecule has 8 nitrogen and oxygen atoms in total. The summed E-state index contributed by atoms with van der Waals surface area (Å²) in [5, 5.41) is 20.2. The van der Waals surface area contributed by atoms with Gasteiger partial charge in [-0.1, -0.05) is 120 Å². The van der Waals surface area contributed by atoms with Gasteiger partial charge in [0.2, 0.25) is 5.13 Å². The van der Waals surface area contributed by atoms with Crippen molar-refractivity contribution in [3.05, 3.63) is 137 Å². The minimum absolute atomic E-state index is 0.0464. The number of hydrogen-bond acceptors (Lipinski definition) is 9. The van der Waals surface area contributed by atoms with E-state index in [1.165, 1.54) is 35.1 Å². The van der Waals surface area contributed by atoms with Crippen LogP contribution in [-0.2, 0) is 21.9 Å². The summed E-state index contributed by atoms with van der Waals surface area (Å²) in [5.41, 5.74) is 3.03. The number of rotatable bonds is 10. The Hall–Kier alpha value is -4.93. The molecule has 0 aliphatic carbocycles. The van der Waals surface area contributed by atoms with Crippen LogP contribution in [0.2, 0.25) is 0 Å². The van der Waals surface area contributed by atoms with Gasteiger partial charge in [0.25, 0.3) is 5.78 Å². The van der Waals surface area contributed by atoms with Gasteiger partial charge in [-0.25, -0.2) is 0 Å². The fraction of sp³-hybridized carbons (Fsp3) is 0.118. The molecule has 10 heteroatoms. The first-order chi connectivity index (χ1) is 21.5. The van der Waals surface area contributed by atoms with Crippen LogP contribution in [0.15, 0.2) is 119 Å². The van der Waals surface area contributed by atoms with Gasteiger partial charge in [-0.3, -0.25) is 14.5 Å². The molecule has 5 aromatic rings. The monoisotopic (exact) mass is 621 g/mol. The zero-order valence-corrected chi connectivity index (χ0v) is 25.3. The van der Waals surface area contributed by atoms with E-state index in [0.717, 1.165) is 11.1 Å². The van der Waals surface area contributed by atoms with Crippen LogP contribution in [0.3, 0.4) is 0 Å². The predicted molar refractivity (Wildman–Crippen MR) is 171 cm³/mol. The van der Waals surface area contributed by atoms with E-state index >= 15 is 0 Å². The molecule has 1 amide bonds. The lowest BCUT2D eigenvalue weighted by molar-refractivity contribution is -0.132. The number of benzene rings is 4. The minimum Gasteiger partial charge on any atom is -0.507 e. The highest BCUT2D eigenvalue weighted by Gasteiger charge is 2.48. The third-order valence-corrected chi connectivity index (χ3v) is 9.17. The lowest BCUT2D eigenvalue weighted by atomic mass is 9.95. The maximum atomic E-state index is 13.6. The van der Waals surface area contributed by atoms with Crippen LogP contribution in [0, 0.1) is 0 Å². The smallest absolute Gasteiger partial charge is 0.301 e. The van der Waals surface area contributed by atoms with Gasteiger partial charge in [-0.2, -0.15) is 0 Å². The minimum atomic E-state index is -0.979. The number of ether oxygens (including phenoxy) is 2. The highest BCUT2D eigenvalue weighted by molar-refractivity contribution is 8.00. The zero-order valence-electron chi connectivity index (χ0n) is 23.6. The molecule has 0 bridgehead atoms. The molecule has 44 heavy (non-hydrogen) atoms. The van der Waals surface area contributed by atoms with Gasteiger partial charge in [0.05, 0.1) is 18.7 Å². The first kappa shape index (κ1) is 29.2. The van der Waals surface area contributed by atoms with E-state index < -0.39 is 17.7 Å². The Labute approximate surface area is 262 Å². The molecule has 1 saturated heterocycles. The summed E-state index contributed by atoms with van der Waals surface area (Å²) < 4.78 is 12.4. The van der Waals surface area contributed by atoms with Crippen molar-refractivity contribution in [3.63, 3.8) is 0 Å². The summed E-state index contributed by atoms with van der Waals surface area (Å²) in [5.74, 6) is -0.299. The Morgan fingerprint density at radius 2 is 1.52 bits per heavy atom. The highest BCUT2D eigenvalue weighted by atomic mass is 32.2. The van der Waals surface area contributed by atoms with Crippen molar-refractivity contribution in [2.75, 3.05) is 12.0 Å². The van der Waals surface area contributed by atoms with Crippen LogP contribution in [-0.4, -0.2) is 34.1 Å². The van der Waals surface area contributed by atoms with Crippen molar-refractivity contribution in [2.24, 2.45) is 0 Å². The lowest BCUT2D eigenvalue weighted by Crippen LogP contribution is -2.29. The molecule has 1 aromatic heterocycles. The third-order valence-electron chi connectivity index (χ3n) is 7.04. The fourth-order valence-electron chi connectivity index (χ4n) is 4.88. The molecule has 220 valence electrons. The number of carbonyl (C=O) groups excluding carboxylic acids is 2. The second-order valence-corrected chi connectivity index (χ2v) is 12.0. The van der Waals surface area contributed by atoms with Gasteiger partial charge >= 0.3 is 5.91 Å². The Bertz CT molecular complexity index is 1810. The molecule has 1 N–H and O–H groups in total. The van der Waals surface area contributed by atoms with Gasteiger partial charge in [-0.15, -0.1) is 10.2 Å². The molecule has 1 aliphatic heterocycles. The summed E-state index contributed by atoms with van der Waals surface area (Å²) in [4.78, 5) is 28.5. The Balaban J connectivity index is 1.38. The average molecular weight is 622 g/mol. The number of amides is 1. The number of hydrogen-bond donors (Lipinski definition) is 1. The number of aliphatic hydroxyl groups excluding tert-OH is 1. The number of thioether (sulfide) groups is 1. The van der Waals surface area contributed by atoms with Crippen molar-refractivity contribution in [1.29, 1.82) is 0 Å². The van der Waals surface area contributed by atoms with E-state index in [1.54, 1.807) is 42.5 Å². The van der Waals surface area contributed by atoms with Crippen LogP contribution in [0.5, 0.6) is 11.5 Å². The summed E-state index contributed by atoms with van der Waals surface area (Å²) in [7, 11) is 1.52. The largest absolute Gasteiger partial charge is 0.507 e. The number of aromatic nitrogens is 2. The normalized spacial score (nSPS) is 15.8. The zero-order chi connectivity index (χ0) is 30.5. The standard InChI is InChI=1S/C34H27N3O5S2/c1-41-27-19-25(17-18-26(27)42-20-22-11-5-2-6-12-22)29-28(30(38)24-15-9-4-10-16-24)31(39)32(40)37(29)33-35-36-34(44-33)43-21-23-13-7-3-8-14-23/h2-19,29,38H,20-21H2,1H3/b30-28-. The molecule has 1 unspecified atom stereocenters. The first-order valence-electron chi connectivity index (χ1n) is 13.7. The summed E-state index contributed by atoms with van der Waals surface area (Å²) in [6.07, 6.45) is 0. The van der Waals surface area contributed by atoms with E-state index in [9.17, 15) is 14.7 Å². The first-order valence-corrected chi connectivity index (χ1v) is 15.5. The molecule has 1 atom stereocenters. The van der Waals surface area contributed by atoms with E-state index in [-0.39, 0.29) is 16.5 Å². The molecule has 1 fully saturated rings. The van der Waals surface area contributed by atoms with Crippen LogP contribution in [0.25, 0.3) is 5.76 Å². The van der Waals surface area contributed by atoms with Crippen LogP contribution >= 0.6 is 23.1 Å². The van der Waals surface area contributed by atoms with E-state index in [0.29, 0.717) is 39.3 Å². The quantitative estimate of drug-likeness (QED) is 0.0582. The lowest BCUT2D eigenvalue weighted by Gasteiger charge is -2.23. The van der Waals surface area contributed by atoms with Gasteiger partial charge < -0.3 is 14.6 Å². The highest BCUT2D eigenvalue weighted by Crippen LogP contribution is 2.45. The number of Topliss-reactive ketones (excluding diaryl/α,β-unsaturated/α-hetero) is 1. The topological polar surface area (TPSA) is 102 Å². The summed E-state index contributed by atoms with van der Waals surface area (Å²) >= 11 is 2.71. The Morgan fingerprint density at radius 1 is 0.864 bits per heavy atom. The Morgan fingerprint density at radius 3 is 2.20 bits per heavy atom. The molecule has 6 rings (SSSR count). The van der Waals surface area contributed by atoms with Gasteiger partial charge in [0.15, 0.2) is 15.8 Å². The van der Waals surface area contributed by atoms with Crippen molar-refractivity contribution < 1.29 is 24.2 Å². The Kier molecular flexibility index (Phi) is 8.71. The van der Waals surface area contributed by atoms with Crippen LogP contribution in [0.1, 0.15) is 28.3 Å². The van der Waals surface area contributed by atoms with E-state index in [1.807, 2.05) is 66.7 Å². The van der Waals surface area contributed by atoms with Gasteiger partial charge in [0, 0.05) is 11.3 Å². The van der Waals surface area contributed by atoms with Crippen molar-refractivity contribution in [1.82, 2.24) is 10.2 Å². The van der Waals surface area contributed by atoms with Crippen molar-refractivity contribution in [3.8, 4) is 11.5 Å². The molecule has 0 saturated carbocycles. The molecular formula is C34H27N3O5S2. The maximum absolute atomic E-state index is 13.6. The van der Waals surface area contributed by atoms with Gasteiger partial charge in [0.1, 0.15) is 12.4 Å². The number of carbonyl (C=O) groups is 2. The fourth-order valence-corrected chi connectivity index (χ4v) is 6.71. The third kappa shape index (κ3) is 6.08. The van der Waals surface area contributed by atoms with Crippen molar-refractivity contribution in [2.45, 2.75) is 22.7 Å². The molecule has 4 aromatic carbocycles. The molecular weight excluding hydrogens is 595 g/mol. The average Bonchev–Trinajstić information content (AvgIpc) is 3.65. The SMILES string of the molecule is COc1cc(C2/C(=C(/O)c3ccccc3)C(=O)C(=O)N2c2nnc(SCc3ccccc3)s2)ccc1OCc1ccccc1. The number of methoxy groups -OCH3 is 1. The molecule has 2 heterocycles. The molecule has 0 radical (unpaired) electrons. The molecule has 0 spiro atoms. The number of ketones is 1.